The van der Waals surface area contributed by atoms with Crippen molar-refractivity contribution in [1.29, 1.82) is 0 Å². The summed E-state index contributed by atoms with van der Waals surface area (Å²) in [6.07, 6.45) is 0.708. The number of nitrogens with zero attached hydrogens (tertiary/aromatic N) is 2. The van der Waals surface area contributed by atoms with Gasteiger partial charge in [-0.1, -0.05) is 26.0 Å². The average molecular weight is 421 g/mol. The molecule has 3 rings (SSSR count). The third-order valence-electron chi connectivity index (χ3n) is 4.48. The number of benzene rings is 1. The summed E-state index contributed by atoms with van der Waals surface area (Å²) >= 11 is 1.63. The molecule has 2 aromatic rings. The van der Waals surface area contributed by atoms with E-state index in [9.17, 15) is 13.2 Å². The smallest absolute Gasteiger partial charge is 0.263 e. The van der Waals surface area contributed by atoms with Gasteiger partial charge in [-0.25, -0.2) is 13.4 Å². The number of fused-ring (bicyclic) bond motifs is 1. The fourth-order valence-corrected chi connectivity index (χ4v) is 5.26. The second-order valence-corrected chi connectivity index (χ2v) is 9.99. The van der Waals surface area contributed by atoms with Crippen molar-refractivity contribution in [3.8, 4) is 0 Å². The summed E-state index contributed by atoms with van der Waals surface area (Å²) < 4.78 is 27.0. The predicted molar refractivity (Wildman–Crippen MR) is 110 cm³/mol. The van der Waals surface area contributed by atoms with Crippen LogP contribution >= 0.6 is 11.3 Å². The van der Waals surface area contributed by atoms with Gasteiger partial charge in [0.05, 0.1) is 15.6 Å². The van der Waals surface area contributed by atoms with Crippen molar-refractivity contribution in [2.75, 3.05) is 6.54 Å². The Hall–Kier alpha value is -2.26. The van der Waals surface area contributed by atoms with E-state index in [1.165, 1.54) is 6.07 Å². The molecule has 1 amide bonds. The summed E-state index contributed by atoms with van der Waals surface area (Å²) in [4.78, 5) is 22.9. The van der Waals surface area contributed by atoms with Gasteiger partial charge in [0.15, 0.2) is 0 Å². The van der Waals surface area contributed by atoms with E-state index in [1.54, 1.807) is 29.5 Å². The Balaban J connectivity index is 1.74. The van der Waals surface area contributed by atoms with Crippen LogP contribution in [0.5, 0.6) is 0 Å². The number of hydrogen-bond donors (Lipinski definition) is 2. The van der Waals surface area contributed by atoms with Crippen molar-refractivity contribution in [2.24, 2.45) is 10.9 Å². The molecule has 28 heavy (non-hydrogen) atoms. The molecule has 1 aliphatic rings. The van der Waals surface area contributed by atoms with Gasteiger partial charge in [0, 0.05) is 23.4 Å². The van der Waals surface area contributed by atoms with Crippen molar-refractivity contribution >= 4 is 33.1 Å². The highest BCUT2D eigenvalue weighted by Gasteiger charge is 2.32. The molecule has 2 heterocycles. The number of aryl methyl sites for hydroxylation is 2. The van der Waals surface area contributed by atoms with Crippen LogP contribution in [0.1, 0.15) is 35.0 Å². The number of carbonyl (C=O) groups is 1. The molecule has 150 valence electrons. The van der Waals surface area contributed by atoms with Gasteiger partial charge in [-0.2, -0.15) is 0 Å². The second kappa shape index (κ2) is 8.00. The molecule has 9 heteroatoms. The normalized spacial score (nSPS) is 17.4. The molecule has 0 saturated carbocycles. The number of sulfonamides is 1. The highest BCUT2D eigenvalue weighted by atomic mass is 32.2. The molecule has 0 aliphatic carbocycles. The lowest BCUT2D eigenvalue weighted by molar-refractivity contribution is -0.123. The van der Waals surface area contributed by atoms with Gasteiger partial charge < -0.3 is 5.32 Å². The molecule has 1 aromatic heterocycles. The molecular weight excluding hydrogens is 396 g/mol. The van der Waals surface area contributed by atoms with Gasteiger partial charge >= 0.3 is 0 Å². The Kier molecular flexibility index (Phi) is 5.85. The fourth-order valence-electron chi connectivity index (χ4n) is 3.09. The SMILES string of the molecule is Cc1nc(C)c(CCNC(=O)[C@@H](N=C2NS(=O)(=O)c3ccccc32)C(C)C)s1. The average Bonchev–Trinajstić information content (AvgIpc) is 3.08. The van der Waals surface area contributed by atoms with Gasteiger partial charge in [0.25, 0.3) is 10.0 Å². The molecule has 7 nitrogen and oxygen atoms in total. The molecule has 1 aromatic carbocycles. The van der Waals surface area contributed by atoms with E-state index < -0.39 is 16.1 Å². The first kappa shape index (κ1) is 20.5. The first-order valence-corrected chi connectivity index (χ1v) is 11.4. The Morgan fingerprint density at radius 1 is 1.29 bits per heavy atom. The van der Waals surface area contributed by atoms with Gasteiger partial charge in [0.1, 0.15) is 11.9 Å². The zero-order chi connectivity index (χ0) is 20.5. The summed E-state index contributed by atoms with van der Waals surface area (Å²) in [5.74, 6) is -0.0829. The minimum atomic E-state index is -3.63. The second-order valence-electron chi connectivity index (χ2n) is 7.05. The van der Waals surface area contributed by atoms with Gasteiger partial charge in [-0.3, -0.25) is 14.5 Å². The van der Waals surface area contributed by atoms with E-state index >= 15 is 0 Å². The number of aliphatic imine (C=N–C) groups is 1. The molecule has 2 N–H and O–H groups in total. The van der Waals surface area contributed by atoms with E-state index in [2.05, 4.69) is 20.0 Å². The number of amidine groups is 1. The van der Waals surface area contributed by atoms with Crippen molar-refractivity contribution in [2.45, 2.75) is 45.1 Å². The maximum atomic E-state index is 12.7. The summed E-state index contributed by atoms with van der Waals surface area (Å²) in [6, 6.07) is 5.95. The number of aromatic nitrogens is 1. The van der Waals surface area contributed by atoms with Crippen molar-refractivity contribution in [1.82, 2.24) is 15.0 Å². The molecule has 0 saturated heterocycles. The van der Waals surface area contributed by atoms with E-state index in [0.29, 0.717) is 18.5 Å². The highest BCUT2D eigenvalue weighted by Crippen LogP contribution is 2.23. The summed E-state index contributed by atoms with van der Waals surface area (Å²) in [7, 11) is -3.63. The Labute approximate surface area is 169 Å². The number of carbonyl (C=O) groups excluding carboxylic acids is 1. The van der Waals surface area contributed by atoms with Crippen molar-refractivity contribution in [3.05, 3.63) is 45.4 Å². The minimum Gasteiger partial charge on any atom is -0.354 e. The van der Waals surface area contributed by atoms with E-state index in [4.69, 9.17) is 0 Å². The zero-order valence-corrected chi connectivity index (χ0v) is 17.9. The topological polar surface area (TPSA) is 101 Å². The van der Waals surface area contributed by atoms with Crippen LogP contribution in [0.25, 0.3) is 0 Å². The molecule has 0 radical (unpaired) electrons. The quantitative estimate of drug-likeness (QED) is 0.748. The molecule has 1 aliphatic heterocycles. The number of rotatable bonds is 6. The summed E-state index contributed by atoms with van der Waals surface area (Å²) in [5, 5.41) is 3.93. The number of nitrogens with one attached hydrogen (secondary N) is 2. The van der Waals surface area contributed by atoms with Crippen LogP contribution in [0.15, 0.2) is 34.2 Å². The Morgan fingerprint density at radius 3 is 2.64 bits per heavy atom. The van der Waals surface area contributed by atoms with Gasteiger partial charge in [0.2, 0.25) is 5.91 Å². The van der Waals surface area contributed by atoms with Crippen LogP contribution in [0.4, 0.5) is 0 Å². The minimum absolute atomic E-state index is 0.0860. The lowest BCUT2D eigenvalue weighted by atomic mass is 10.0. The number of thiazole rings is 1. The largest absolute Gasteiger partial charge is 0.354 e. The predicted octanol–water partition coefficient (Wildman–Crippen LogP) is 2.18. The standard InChI is InChI=1S/C19H24N4O3S2/c1-11(2)17(19(24)20-10-9-15-12(3)21-13(4)27-15)22-18-14-7-5-6-8-16(14)28(25,26)23-18/h5-8,11,17H,9-10H2,1-4H3,(H,20,24)(H,22,23)/t17-/m0/s1. The lowest BCUT2D eigenvalue weighted by Crippen LogP contribution is -2.39. The molecule has 0 bridgehead atoms. The molecular formula is C19H24N4O3S2. The van der Waals surface area contributed by atoms with Crippen molar-refractivity contribution < 1.29 is 13.2 Å². The Bertz CT molecular complexity index is 1030. The molecule has 0 spiro atoms. The lowest BCUT2D eigenvalue weighted by Gasteiger charge is -2.17. The third kappa shape index (κ3) is 4.25. The van der Waals surface area contributed by atoms with Crippen LogP contribution < -0.4 is 10.0 Å². The molecule has 0 unspecified atom stereocenters. The van der Waals surface area contributed by atoms with E-state index in [0.717, 1.165) is 15.6 Å². The summed E-state index contributed by atoms with van der Waals surface area (Å²) in [5.41, 5.74) is 1.49. The zero-order valence-electron chi connectivity index (χ0n) is 16.3. The maximum Gasteiger partial charge on any atom is 0.263 e. The van der Waals surface area contributed by atoms with E-state index in [-0.39, 0.29) is 22.6 Å². The van der Waals surface area contributed by atoms with Crippen LogP contribution in [0.3, 0.4) is 0 Å². The molecule has 1 atom stereocenters. The Morgan fingerprint density at radius 2 is 2.00 bits per heavy atom. The van der Waals surface area contributed by atoms with E-state index in [1.807, 2.05) is 27.7 Å². The third-order valence-corrected chi connectivity index (χ3v) is 7.01. The van der Waals surface area contributed by atoms with Crippen LogP contribution in [0.2, 0.25) is 0 Å². The van der Waals surface area contributed by atoms with Crippen molar-refractivity contribution in [3.63, 3.8) is 0 Å². The first-order chi connectivity index (χ1) is 13.2. The van der Waals surface area contributed by atoms with Gasteiger partial charge in [-0.15, -0.1) is 11.3 Å². The monoisotopic (exact) mass is 420 g/mol. The summed E-state index contributed by atoms with van der Waals surface area (Å²) in [6.45, 7) is 8.19. The maximum absolute atomic E-state index is 12.7. The van der Waals surface area contributed by atoms with Gasteiger partial charge in [-0.05, 0) is 31.9 Å². The van der Waals surface area contributed by atoms with Crippen LogP contribution in [0, 0.1) is 19.8 Å². The van der Waals surface area contributed by atoms with Crippen LogP contribution in [-0.4, -0.2) is 37.7 Å². The number of hydrogen-bond acceptors (Lipinski definition) is 6. The highest BCUT2D eigenvalue weighted by molar-refractivity contribution is 7.90. The number of amides is 1. The first-order valence-electron chi connectivity index (χ1n) is 9.09. The fraction of sp³-hybridized carbons (Fsp3) is 0.421. The van der Waals surface area contributed by atoms with Crippen LogP contribution in [-0.2, 0) is 21.2 Å². The molecule has 0 fully saturated rings.